The summed E-state index contributed by atoms with van der Waals surface area (Å²) < 4.78 is 38.0. The Balaban J connectivity index is 2.23. The molecule has 0 bridgehead atoms. The molecule has 3 N–H and O–H groups in total. The van der Waals surface area contributed by atoms with Crippen molar-refractivity contribution in [1.82, 2.24) is 5.43 Å². The van der Waals surface area contributed by atoms with Gasteiger partial charge in [-0.2, -0.15) is 13.2 Å². The maximum absolute atomic E-state index is 12.7. The molecule has 2 aromatic rings. The van der Waals surface area contributed by atoms with Crippen LogP contribution in [0.3, 0.4) is 0 Å². The SMILES string of the molecule is NNC(Cc1cccc(C(F)(F)F)c1)c1sccc1Cl. The number of halogens is 4. The van der Waals surface area contributed by atoms with Gasteiger partial charge in [-0.25, -0.2) is 0 Å². The van der Waals surface area contributed by atoms with Gasteiger partial charge < -0.3 is 0 Å². The normalized spacial score (nSPS) is 13.4. The first-order chi connectivity index (χ1) is 9.41. The number of alkyl halides is 3. The van der Waals surface area contributed by atoms with Crippen LogP contribution in [0.2, 0.25) is 5.02 Å². The van der Waals surface area contributed by atoms with Gasteiger partial charge in [-0.3, -0.25) is 11.3 Å². The van der Waals surface area contributed by atoms with Gasteiger partial charge >= 0.3 is 6.18 Å². The topological polar surface area (TPSA) is 38.0 Å². The lowest BCUT2D eigenvalue weighted by molar-refractivity contribution is -0.137. The average molecular weight is 321 g/mol. The second-order valence-electron chi connectivity index (χ2n) is 4.25. The standard InChI is InChI=1S/C13H12ClF3N2S/c14-10-4-5-20-12(10)11(19-18)7-8-2-1-3-9(6-8)13(15,16)17/h1-6,11,19H,7,18H2. The summed E-state index contributed by atoms with van der Waals surface area (Å²) in [5, 5.41) is 2.37. The molecule has 1 heterocycles. The van der Waals surface area contributed by atoms with Crippen molar-refractivity contribution in [3.8, 4) is 0 Å². The van der Waals surface area contributed by atoms with Crippen LogP contribution in [0.15, 0.2) is 35.7 Å². The van der Waals surface area contributed by atoms with Gasteiger partial charge in [-0.1, -0.05) is 29.8 Å². The van der Waals surface area contributed by atoms with Crippen molar-refractivity contribution in [2.75, 3.05) is 0 Å². The highest BCUT2D eigenvalue weighted by molar-refractivity contribution is 7.10. The maximum Gasteiger partial charge on any atom is 0.416 e. The minimum atomic E-state index is -4.35. The Hall–Kier alpha value is -1.08. The summed E-state index contributed by atoms with van der Waals surface area (Å²) in [6.07, 6.45) is -4.01. The lowest BCUT2D eigenvalue weighted by atomic mass is 10.0. The van der Waals surface area contributed by atoms with Crippen LogP contribution >= 0.6 is 22.9 Å². The molecule has 1 aromatic heterocycles. The van der Waals surface area contributed by atoms with Gasteiger partial charge in [0.2, 0.25) is 0 Å². The van der Waals surface area contributed by atoms with E-state index in [0.717, 1.165) is 17.0 Å². The summed E-state index contributed by atoms with van der Waals surface area (Å²) in [4.78, 5) is 0.812. The largest absolute Gasteiger partial charge is 0.416 e. The van der Waals surface area contributed by atoms with Gasteiger partial charge in [-0.05, 0) is 29.5 Å². The van der Waals surface area contributed by atoms with Gasteiger partial charge in [0.1, 0.15) is 0 Å². The molecule has 0 saturated carbocycles. The molecule has 0 aliphatic carbocycles. The number of nitrogens with two attached hydrogens (primary N) is 1. The van der Waals surface area contributed by atoms with E-state index in [1.54, 1.807) is 12.1 Å². The smallest absolute Gasteiger partial charge is 0.271 e. The molecule has 2 nitrogen and oxygen atoms in total. The molecular weight excluding hydrogens is 309 g/mol. The van der Waals surface area contributed by atoms with E-state index >= 15 is 0 Å². The first kappa shape index (κ1) is 15.3. The van der Waals surface area contributed by atoms with Crippen molar-refractivity contribution >= 4 is 22.9 Å². The first-order valence-electron chi connectivity index (χ1n) is 5.77. The lowest BCUT2D eigenvalue weighted by Gasteiger charge is -2.16. The first-order valence-corrected chi connectivity index (χ1v) is 7.02. The molecule has 0 saturated heterocycles. The van der Waals surface area contributed by atoms with Crippen LogP contribution in [0.4, 0.5) is 13.2 Å². The summed E-state index contributed by atoms with van der Waals surface area (Å²) in [6.45, 7) is 0. The molecular formula is C13H12ClF3N2S. The zero-order valence-corrected chi connectivity index (χ0v) is 11.8. The van der Waals surface area contributed by atoms with E-state index < -0.39 is 11.7 Å². The molecule has 0 radical (unpaired) electrons. The van der Waals surface area contributed by atoms with Gasteiger partial charge in [0.15, 0.2) is 0 Å². The molecule has 0 aliphatic rings. The Labute approximate surface area is 123 Å². The van der Waals surface area contributed by atoms with Crippen LogP contribution in [0, 0.1) is 0 Å². The zero-order valence-electron chi connectivity index (χ0n) is 10.2. The molecule has 0 spiro atoms. The van der Waals surface area contributed by atoms with Gasteiger partial charge in [-0.15, -0.1) is 11.3 Å². The second kappa shape index (κ2) is 6.13. The number of hydrogen-bond acceptors (Lipinski definition) is 3. The average Bonchev–Trinajstić information content (AvgIpc) is 2.81. The fourth-order valence-corrected chi connectivity index (χ4v) is 3.14. The molecule has 1 aromatic carbocycles. The Morgan fingerprint density at radius 2 is 2.05 bits per heavy atom. The number of thiophene rings is 1. The molecule has 20 heavy (non-hydrogen) atoms. The number of hydrogen-bond donors (Lipinski definition) is 2. The predicted octanol–water partition coefficient (Wildman–Crippen LogP) is 4.17. The highest BCUT2D eigenvalue weighted by atomic mass is 35.5. The van der Waals surface area contributed by atoms with Crippen molar-refractivity contribution in [1.29, 1.82) is 0 Å². The Kier molecular flexibility index (Phi) is 4.70. The quantitative estimate of drug-likeness (QED) is 0.655. The van der Waals surface area contributed by atoms with E-state index in [-0.39, 0.29) is 6.04 Å². The van der Waals surface area contributed by atoms with Crippen molar-refractivity contribution in [2.45, 2.75) is 18.6 Å². The minimum Gasteiger partial charge on any atom is -0.271 e. The van der Waals surface area contributed by atoms with E-state index in [2.05, 4.69) is 5.43 Å². The Morgan fingerprint density at radius 3 is 2.60 bits per heavy atom. The monoisotopic (exact) mass is 320 g/mol. The van der Waals surface area contributed by atoms with E-state index in [4.69, 9.17) is 17.4 Å². The second-order valence-corrected chi connectivity index (χ2v) is 5.61. The van der Waals surface area contributed by atoms with Crippen LogP contribution in [0.1, 0.15) is 22.0 Å². The molecule has 1 atom stereocenters. The van der Waals surface area contributed by atoms with Gasteiger partial charge in [0.25, 0.3) is 0 Å². The summed E-state index contributed by atoms with van der Waals surface area (Å²) in [5.41, 5.74) is 2.48. The minimum absolute atomic E-state index is 0.314. The fourth-order valence-electron chi connectivity index (χ4n) is 1.89. The number of hydrazine groups is 1. The zero-order chi connectivity index (χ0) is 14.8. The molecule has 1 unspecified atom stereocenters. The highest BCUT2D eigenvalue weighted by Crippen LogP contribution is 2.33. The van der Waals surface area contributed by atoms with Gasteiger partial charge in [0.05, 0.1) is 16.6 Å². The molecule has 108 valence electrons. The summed E-state index contributed by atoms with van der Waals surface area (Å²) >= 11 is 7.43. The predicted molar refractivity (Wildman–Crippen MR) is 74.5 cm³/mol. The third kappa shape index (κ3) is 3.52. The van der Waals surface area contributed by atoms with Crippen molar-refractivity contribution in [3.63, 3.8) is 0 Å². The van der Waals surface area contributed by atoms with Crippen LogP contribution in [0.25, 0.3) is 0 Å². The summed E-state index contributed by atoms with van der Waals surface area (Å²) in [5.74, 6) is 5.48. The summed E-state index contributed by atoms with van der Waals surface area (Å²) in [7, 11) is 0. The molecule has 0 amide bonds. The number of nitrogens with one attached hydrogen (secondary N) is 1. The van der Waals surface area contributed by atoms with Crippen LogP contribution in [0.5, 0.6) is 0 Å². The molecule has 0 fully saturated rings. The molecule has 2 rings (SSSR count). The fraction of sp³-hybridized carbons (Fsp3) is 0.231. The molecule has 0 aliphatic heterocycles. The van der Waals surface area contributed by atoms with Crippen molar-refractivity contribution < 1.29 is 13.2 Å². The summed E-state index contributed by atoms with van der Waals surface area (Å²) in [6, 6.07) is 6.63. The maximum atomic E-state index is 12.7. The van der Waals surface area contributed by atoms with E-state index in [1.165, 1.54) is 17.4 Å². The number of benzene rings is 1. The van der Waals surface area contributed by atoms with Crippen LogP contribution in [-0.2, 0) is 12.6 Å². The van der Waals surface area contributed by atoms with Crippen LogP contribution < -0.4 is 11.3 Å². The highest BCUT2D eigenvalue weighted by Gasteiger charge is 2.30. The van der Waals surface area contributed by atoms with Gasteiger partial charge in [0, 0.05) is 4.88 Å². The lowest BCUT2D eigenvalue weighted by Crippen LogP contribution is -2.29. The van der Waals surface area contributed by atoms with E-state index in [0.29, 0.717) is 17.0 Å². The molecule has 7 heteroatoms. The Morgan fingerprint density at radius 1 is 1.30 bits per heavy atom. The van der Waals surface area contributed by atoms with Crippen LogP contribution in [-0.4, -0.2) is 0 Å². The third-order valence-electron chi connectivity index (χ3n) is 2.86. The number of rotatable bonds is 4. The third-order valence-corrected chi connectivity index (χ3v) is 4.33. The van der Waals surface area contributed by atoms with E-state index in [9.17, 15) is 13.2 Å². The Bertz CT molecular complexity index is 583. The van der Waals surface area contributed by atoms with E-state index in [1.807, 2.05) is 5.38 Å². The van der Waals surface area contributed by atoms with Crippen molar-refractivity contribution in [2.24, 2.45) is 5.84 Å². The van der Waals surface area contributed by atoms with Crippen molar-refractivity contribution in [3.05, 3.63) is 56.7 Å².